The van der Waals surface area contributed by atoms with Crippen molar-refractivity contribution in [2.45, 2.75) is 13.8 Å². The van der Waals surface area contributed by atoms with Gasteiger partial charge in [0.05, 0.1) is 11.5 Å². The van der Waals surface area contributed by atoms with Crippen molar-refractivity contribution >= 4 is 17.3 Å². The van der Waals surface area contributed by atoms with Crippen molar-refractivity contribution in [3.8, 4) is 0 Å². The van der Waals surface area contributed by atoms with Gasteiger partial charge >= 0.3 is 5.69 Å². The zero-order chi connectivity index (χ0) is 15.1. The number of hydrogen-bond acceptors (Lipinski definition) is 5. The van der Waals surface area contributed by atoms with E-state index in [9.17, 15) is 14.9 Å². The molecule has 0 saturated carbocycles. The third kappa shape index (κ3) is 3.45. The van der Waals surface area contributed by atoms with Gasteiger partial charge in [-0.05, 0) is 26.0 Å². The molecule has 1 aromatic rings. The van der Waals surface area contributed by atoms with Gasteiger partial charge in [0.25, 0.3) is 5.91 Å². The minimum absolute atomic E-state index is 0.0313. The molecule has 0 atom stereocenters. The van der Waals surface area contributed by atoms with Crippen LogP contribution in [0.2, 0.25) is 0 Å². The van der Waals surface area contributed by atoms with Crippen LogP contribution in [-0.4, -0.2) is 47.1 Å². The van der Waals surface area contributed by atoms with Crippen molar-refractivity contribution < 1.29 is 14.8 Å². The molecule has 7 heteroatoms. The summed E-state index contributed by atoms with van der Waals surface area (Å²) in [4.78, 5) is 24.4. The zero-order valence-corrected chi connectivity index (χ0v) is 11.6. The molecule has 0 aliphatic rings. The van der Waals surface area contributed by atoms with E-state index in [-0.39, 0.29) is 24.4 Å². The van der Waals surface area contributed by atoms with Crippen molar-refractivity contribution in [3.63, 3.8) is 0 Å². The topological polar surface area (TPSA) is 95.7 Å². The lowest BCUT2D eigenvalue weighted by atomic mass is 10.1. The number of likely N-dealkylation sites (N-methyl/N-ethyl adjacent to an activating group) is 1. The molecule has 0 bridgehead atoms. The van der Waals surface area contributed by atoms with E-state index >= 15 is 0 Å². The van der Waals surface area contributed by atoms with E-state index in [2.05, 4.69) is 5.32 Å². The molecule has 0 saturated heterocycles. The number of amides is 1. The summed E-state index contributed by atoms with van der Waals surface area (Å²) in [6, 6.07) is 4.60. The van der Waals surface area contributed by atoms with Crippen LogP contribution >= 0.6 is 0 Å². The van der Waals surface area contributed by atoms with Crippen molar-refractivity contribution in [2.75, 3.05) is 31.6 Å². The van der Waals surface area contributed by atoms with Crippen LogP contribution in [0.3, 0.4) is 0 Å². The Morgan fingerprint density at radius 2 is 2.15 bits per heavy atom. The van der Waals surface area contributed by atoms with Crippen molar-refractivity contribution in [1.82, 2.24) is 4.90 Å². The first-order valence-electron chi connectivity index (χ1n) is 6.48. The Kier molecular flexibility index (Phi) is 5.92. The zero-order valence-electron chi connectivity index (χ0n) is 11.6. The summed E-state index contributed by atoms with van der Waals surface area (Å²) in [6.07, 6.45) is 0. The number of nitrogens with one attached hydrogen (secondary N) is 1. The Bertz CT molecular complexity index is 491. The molecule has 0 aliphatic heterocycles. The number of anilines is 1. The molecular weight excluding hydrogens is 262 g/mol. The number of carbonyl (C=O) groups is 1. The second-order valence-electron chi connectivity index (χ2n) is 4.10. The molecule has 110 valence electrons. The van der Waals surface area contributed by atoms with Gasteiger partial charge in [0.2, 0.25) is 0 Å². The Morgan fingerprint density at radius 1 is 1.45 bits per heavy atom. The van der Waals surface area contributed by atoms with Gasteiger partial charge < -0.3 is 15.3 Å². The van der Waals surface area contributed by atoms with Crippen LogP contribution in [0.25, 0.3) is 0 Å². The van der Waals surface area contributed by atoms with Crippen LogP contribution in [0.15, 0.2) is 18.2 Å². The Morgan fingerprint density at radius 3 is 2.65 bits per heavy atom. The third-order valence-electron chi connectivity index (χ3n) is 2.86. The molecule has 0 radical (unpaired) electrons. The smallest absolute Gasteiger partial charge is 0.305 e. The normalized spacial score (nSPS) is 10.2. The van der Waals surface area contributed by atoms with E-state index in [1.807, 2.05) is 6.92 Å². The lowest BCUT2D eigenvalue weighted by Gasteiger charge is -2.20. The monoisotopic (exact) mass is 281 g/mol. The summed E-state index contributed by atoms with van der Waals surface area (Å²) >= 11 is 0. The number of benzene rings is 1. The quantitative estimate of drug-likeness (QED) is 0.583. The predicted octanol–water partition coefficient (Wildman–Crippen LogP) is 1.48. The van der Waals surface area contributed by atoms with Gasteiger partial charge in [-0.25, -0.2) is 0 Å². The summed E-state index contributed by atoms with van der Waals surface area (Å²) in [5, 5.41) is 23.1. The second kappa shape index (κ2) is 7.44. The number of para-hydroxylation sites is 1. The summed E-state index contributed by atoms with van der Waals surface area (Å²) in [5.41, 5.74) is 0.128. The van der Waals surface area contributed by atoms with Gasteiger partial charge in [-0.3, -0.25) is 14.9 Å². The van der Waals surface area contributed by atoms with Crippen molar-refractivity contribution in [2.24, 2.45) is 0 Å². The predicted molar refractivity (Wildman–Crippen MR) is 75.9 cm³/mol. The standard InChI is InChI=1S/C13H19N3O4/c1-3-14-11-7-5-6-10(12(11)16(19)20)13(18)15(4-2)8-9-17/h5-7,14,17H,3-4,8-9H2,1-2H3. The number of nitro benzene ring substituents is 1. The molecule has 0 fully saturated rings. The molecule has 0 heterocycles. The van der Waals surface area contributed by atoms with E-state index in [0.717, 1.165) is 0 Å². The molecule has 20 heavy (non-hydrogen) atoms. The Labute approximate surface area is 117 Å². The molecule has 0 spiro atoms. The van der Waals surface area contributed by atoms with E-state index in [0.29, 0.717) is 18.8 Å². The molecule has 2 N–H and O–H groups in total. The van der Waals surface area contributed by atoms with Gasteiger partial charge in [-0.15, -0.1) is 0 Å². The van der Waals surface area contributed by atoms with Gasteiger partial charge in [-0.2, -0.15) is 0 Å². The van der Waals surface area contributed by atoms with Crippen molar-refractivity contribution in [3.05, 3.63) is 33.9 Å². The molecule has 0 unspecified atom stereocenters. The number of nitrogens with zero attached hydrogens (tertiary/aromatic N) is 2. The molecule has 0 aromatic heterocycles. The summed E-state index contributed by atoms with van der Waals surface area (Å²) in [5.74, 6) is -0.451. The fourth-order valence-electron chi connectivity index (χ4n) is 1.94. The average molecular weight is 281 g/mol. The maximum Gasteiger partial charge on any atom is 0.305 e. The number of rotatable bonds is 7. The van der Waals surface area contributed by atoms with Gasteiger partial charge in [0.1, 0.15) is 11.3 Å². The van der Waals surface area contributed by atoms with E-state index in [1.165, 1.54) is 11.0 Å². The Balaban J connectivity index is 3.25. The highest BCUT2D eigenvalue weighted by Crippen LogP contribution is 2.29. The highest BCUT2D eigenvalue weighted by molar-refractivity contribution is 6.00. The fourth-order valence-corrected chi connectivity index (χ4v) is 1.94. The van der Waals surface area contributed by atoms with Gasteiger partial charge in [-0.1, -0.05) is 6.07 Å². The number of carbonyl (C=O) groups excluding carboxylic acids is 1. The number of aliphatic hydroxyl groups is 1. The Hall–Kier alpha value is -2.15. The maximum atomic E-state index is 12.3. The van der Waals surface area contributed by atoms with Crippen LogP contribution in [0.5, 0.6) is 0 Å². The van der Waals surface area contributed by atoms with E-state index in [1.54, 1.807) is 19.1 Å². The molecule has 0 aliphatic carbocycles. The summed E-state index contributed by atoms with van der Waals surface area (Å²) < 4.78 is 0. The average Bonchev–Trinajstić information content (AvgIpc) is 2.43. The third-order valence-corrected chi connectivity index (χ3v) is 2.86. The highest BCUT2D eigenvalue weighted by Gasteiger charge is 2.26. The lowest BCUT2D eigenvalue weighted by molar-refractivity contribution is -0.384. The number of aliphatic hydroxyl groups excluding tert-OH is 1. The first-order chi connectivity index (χ1) is 9.56. The van der Waals surface area contributed by atoms with E-state index < -0.39 is 10.8 Å². The molecule has 1 amide bonds. The SMILES string of the molecule is CCNc1cccc(C(=O)N(CC)CCO)c1[N+](=O)[O-]. The second-order valence-corrected chi connectivity index (χ2v) is 4.10. The lowest BCUT2D eigenvalue weighted by Crippen LogP contribution is -2.33. The molecule has 1 rings (SSSR count). The fraction of sp³-hybridized carbons (Fsp3) is 0.462. The minimum atomic E-state index is -0.558. The molecular formula is C13H19N3O4. The van der Waals surface area contributed by atoms with Crippen molar-refractivity contribution in [1.29, 1.82) is 0 Å². The van der Waals surface area contributed by atoms with E-state index in [4.69, 9.17) is 5.11 Å². The highest BCUT2D eigenvalue weighted by atomic mass is 16.6. The van der Waals surface area contributed by atoms with Gasteiger partial charge in [0.15, 0.2) is 0 Å². The largest absolute Gasteiger partial charge is 0.395 e. The first-order valence-corrected chi connectivity index (χ1v) is 6.48. The van der Waals surface area contributed by atoms with Crippen LogP contribution in [-0.2, 0) is 0 Å². The first kappa shape index (κ1) is 15.9. The van der Waals surface area contributed by atoms with Gasteiger partial charge in [0, 0.05) is 19.6 Å². The minimum Gasteiger partial charge on any atom is -0.395 e. The number of hydrogen-bond donors (Lipinski definition) is 2. The molecule has 1 aromatic carbocycles. The van der Waals surface area contributed by atoms with Crippen LogP contribution < -0.4 is 5.32 Å². The molecule has 7 nitrogen and oxygen atoms in total. The van der Waals surface area contributed by atoms with Crippen LogP contribution in [0.1, 0.15) is 24.2 Å². The van der Waals surface area contributed by atoms with Crippen LogP contribution in [0.4, 0.5) is 11.4 Å². The number of nitro groups is 1. The maximum absolute atomic E-state index is 12.3. The summed E-state index contributed by atoms with van der Waals surface area (Å²) in [7, 11) is 0. The summed E-state index contributed by atoms with van der Waals surface area (Å²) in [6.45, 7) is 4.45. The van der Waals surface area contributed by atoms with Crippen LogP contribution in [0, 0.1) is 10.1 Å².